The van der Waals surface area contributed by atoms with Crippen LogP contribution in [0.3, 0.4) is 0 Å². The summed E-state index contributed by atoms with van der Waals surface area (Å²) in [6, 6.07) is 15.6. The summed E-state index contributed by atoms with van der Waals surface area (Å²) in [7, 11) is 0. The molecular formula is C30H26F2N4O3. The number of nitrogens with zero attached hydrogens (tertiary/aromatic N) is 2. The largest absolute Gasteiger partial charge is 0.329 e. The van der Waals surface area contributed by atoms with Crippen molar-refractivity contribution in [3.05, 3.63) is 127 Å². The van der Waals surface area contributed by atoms with Gasteiger partial charge in [-0.05, 0) is 61.2 Å². The van der Waals surface area contributed by atoms with Crippen LogP contribution in [0, 0.1) is 32.4 Å². The van der Waals surface area contributed by atoms with Crippen molar-refractivity contribution >= 4 is 18.0 Å². The minimum atomic E-state index is -0.865. The van der Waals surface area contributed by atoms with Crippen molar-refractivity contribution < 1.29 is 18.4 Å². The maximum Gasteiger partial charge on any atom is 0.329 e. The quantitative estimate of drug-likeness (QED) is 0.271. The van der Waals surface area contributed by atoms with Gasteiger partial charge in [-0.1, -0.05) is 42.5 Å². The molecule has 4 aromatic rings. The first kappa shape index (κ1) is 25.8. The van der Waals surface area contributed by atoms with E-state index < -0.39 is 23.6 Å². The smallest absolute Gasteiger partial charge is 0.303 e. The molecule has 0 bridgehead atoms. The standard InChI is InChI=1S/C30H26F2N4O3/c1-17-8-6-10-27(19(17)3)36-28(37)23(25(34-36)13-20-9-5-4-7-18(20)2)15-26-29(38)35(30(39)33-26)16-21-11-12-22(31)14-24(21)32/h4-12,14-15,34H,13,16H2,1-3H3,(H,33,39)/b26-15-. The molecule has 0 saturated carbocycles. The maximum atomic E-state index is 14.2. The van der Waals surface area contributed by atoms with Crippen LogP contribution in [0.2, 0.25) is 0 Å². The van der Waals surface area contributed by atoms with Gasteiger partial charge in [-0.3, -0.25) is 19.6 Å². The number of benzene rings is 3. The van der Waals surface area contributed by atoms with Gasteiger partial charge in [0, 0.05) is 23.7 Å². The highest BCUT2D eigenvalue weighted by Crippen LogP contribution is 2.23. The second kappa shape index (κ2) is 10.2. The molecule has 7 nitrogen and oxygen atoms in total. The van der Waals surface area contributed by atoms with Crippen LogP contribution in [0.4, 0.5) is 13.6 Å². The van der Waals surface area contributed by atoms with Crippen LogP contribution in [-0.4, -0.2) is 26.6 Å². The van der Waals surface area contributed by atoms with Gasteiger partial charge in [-0.2, -0.15) is 0 Å². The Morgan fingerprint density at radius 1 is 0.872 bits per heavy atom. The summed E-state index contributed by atoms with van der Waals surface area (Å²) < 4.78 is 28.9. The number of carbonyl (C=O) groups excluding carboxylic acids is 2. The Labute approximate surface area is 223 Å². The summed E-state index contributed by atoms with van der Waals surface area (Å²) in [5, 5.41) is 5.70. The number of nitrogens with one attached hydrogen (secondary N) is 2. The molecule has 2 heterocycles. The third kappa shape index (κ3) is 4.90. The first-order chi connectivity index (χ1) is 18.6. The molecule has 1 aliphatic rings. The molecule has 1 aliphatic heterocycles. The Kier molecular flexibility index (Phi) is 6.74. The van der Waals surface area contributed by atoms with E-state index in [1.54, 1.807) is 0 Å². The van der Waals surface area contributed by atoms with Gasteiger partial charge in [0.05, 0.1) is 17.8 Å². The number of hydrogen-bond acceptors (Lipinski definition) is 3. The molecule has 1 saturated heterocycles. The second-order valence-corrected chi connectivity index (χ2v) is 9.58. The lowest BCUT2D eigenvalue weighted by molar-refractivity contribution is -0.123. The predicted octanol–water partition coefficient (Wildman–Crippen LogP) is 5.05. The average Bonchev–Trinajstić information content (AvgIpc) is 3.34. The molecule has 3 amide bonds. The zero-order valence-electron chi connectivity index (χ0n) is 21.6. The highest BCUT2D eigenvalue weighted by atomic mass is 19.1. The summed E-state index contributed by atoms with van der Waals surface area (Å²) in [4.78, 5) is 40.4. The van der Waals surface area contributed by atoms with Crippen LogP contribution in [0.15, 0.2) is 71.2 Å². The minimum Gasteiger partial charge on any atom is -0.303 e. The lowest BCUT2D eigenvalue weighted by Gasteiger charge is -2.12. The van der Waals surface area contributed by atoms with Gasteiger partial charge < -0.3 is 5.32 Å². The molecule has 0 unspecified atom stereocenters. The Hall–Kier alpha value is -4.79. The molecule has 1 aromatic heterocycles. The number of rotatable bonds is 6. The summed E-state index contributed by atoms with van der Waals surface area (Å²) in [5.41, 5.74) is 4.90. The Morgan fingerprint density at radius 2 is 1.62 bits per heavy atom. The Balaban J connectivity index is 1.57. The van der Waals surface area contributed by atoms with E-state index in [4.69, 9.17) is 0 Å². The summed E-state index contributed by atoms with van der Waals surface area (Å²) in [6.07, 6.45) is 1.74. The normalized spacial score (nSPS) is 14.4. The summed E-state index contributed by atoms with van der Waals surface area (Å²) >= 11 is 0. The number of aromatic amines is 1. The number of aryl methyl sites for hydroxylation is 2. The SMILES string of the molecule is Cc1ccccc1Cc1[nH]n(-c2cccc(C)c2C)c(=O)c1/C=C1\NC(=O)N(Cc2ccc(F)cc2F)C1=O. The number of urea groups is 1. The Bertz CT molecular complexity index is 1720. The summed E-state index contributed by atoms with van der Waals surface area (Å²) in [6.45, 7) is 5.46. The zero-order valence-corrected chi connectivity index (χ0v) is 21.6. The van der Waals surface area contributed by atoms with Crippen LogP contribution >= 0.6 is 0 Å². The molecule has 3 aromatic carbocycles. The van der Waals surface area contributed by atoms with E-state index in [0.717, 1.165) is 33.2 Å². The Morgan fingerprint density at radius 3 is 2.36 bits per heavy atom. The van der Waals surface area contributed by atoms with Crippen LogP contribution in [-0.2, 0) is 17.8 Å². The van der Waals surface area contributed by atoms with Gasteiger partial charge in [0.1, 0.15) is 17.3 Å². The van der Waals surface area contributed by atoms with E-state index in [-0.39, 0.29) is 28.9 Å². The van der Waals surface area contributed by atoms with Gasteiger partial charge in [0.25, 0.3) is 11.5 Å². The van der Waals surface area contributed by atoms with Gasteiger partial charge >= 0.3 is 6.03 Å². The van der Waals surface area contributed by atoms with Crippen molar-refractivity contribution in [1.29, 1.82) is 0 Å². The van der Waals surface area contributed by atoms with E-state index >= 15 is 0 Å². The van der Waals surface area contributed by atoms with E-state index in [2.05, 4.69) is 10.4 Å². The van der Waals surface area contributed by atoms with Crippen LogP contribution in [0.25, 0.3) is 11.8 Å². The molecule has 2 N–H and O–H groups in total. The second-order valence-electron chi connectivity index (χ2n) is 9.58. The molecule has 198 valence electrons. The van der Waals surface area contributed by atoms with Gasteiger partial charge in [-0.15, -0.1) is 0 Å². The van der Waals surface area contributed by atoms with Crippen molar-refractivity contribution in [3.63, 3.8) is 0 Å². The van der Waals surface area contributed by atoms with Gasteiger partial charge in [-0.25, -0.2) is 18.3 Å². The fourth-order valence-electron chi connectivity index (χ4n) is 4.61. The van der Waals surface area contributed by atoms with Gasteiger partial charge in [0.2, 0.25) is 0 Å². The van der Waals surface area contributed by atoms with Crippen LogP contribution in [0.1, 0.15) is 39.1 Å². The molecule has 5 rings (SSSR count). The van der Waals surface area contributed by atoms with Crippen LogP contribution in [0.5, 0.6) is 0 Å². The molecule has 0 radical (unpaired) electrons. The van der Waals surface area contributed by atoms with E-state index in [1.165, 1.54) is 16.8 Å². The molecule has 39 heavy (non-hydrogen) atoms. The molecule has 1 fully saturated rings. The number of hydrogen-bond donors (Lipinski definition) is 2. The lowest BCUT2D eigenvalue weighted by atomic mass is 10.0. The fraction of sp³-hybridized carbons (Fsp3) is 0.167. The van der Waals surface area contributed by atoms with E-state index in [9.17, 15) is 23.2 Å². The van der Waals surface area contributed by atoms with Crippen molar-refractivity contribution in [1.82, 2.24) is 20.0 Å². The van der Waals surface area contributed by atoms with Crippen LogP contribution < -0.4 is 10.9 Å². The van der Waals surface area contributed by atoms with Crippen molar-refractivity contribution in [2.24, 2.45) is 0 Å². The van der Waals surface area contributed by atoms with Crippen molar-refractivity contribution in [2.75, 3.05) is 0 Å². The summed E-state index contributed by atoms with van der Waals surface area (Å²) in [5.74, 6) is -2.34. The fourth-order valence-corrected chi connectivity index (χ4v) is 4.61. The number of carbonyl (C=O) groups is 2. The zero-order chi connectivity index (χ0) is 27.8. The molecule has 9 heteroatoms. The number of imide groups is 1. The topological polar surface area (TPSA) is 87.2 Å². The molecule has 0 atom stereocenters. The lowest BCUT2D eigenvalue weighted by Crippen LogP contribution is -2.30. The first-order valence-electron chi connectivity index (χ1n) is 12.4. The number of H-pyrrole nitrogens is 1. The third-order valence-corrected chi connectivity index (χ3v) is 7.05. The van der Waals surface area contributed by atoms with E-state index in [1.807, 2.05) is 63.2 Å². The van der Waals surface area contributed by atoms with Crippen molar-refractivity contribution in [3.8, 4) is 5.69 Å². The molecule has 0 spiro atoms. The average molecular weight is 529 g/mol. The first-order valence-corrected chi connectivity index (χ1v) is 12.4. The monoisotopic (exact) mass is 528 g/mol. The highest BCUT2D eigenvalue weighted by molar-refractivity contribution is 6.13. The van der Waals surface area contributed by atoms with Gasteiger partial charge in [0.15, 0.2) is 0 Å². The highest BCUT2D eigenvalue weighted by Gasteiger charge is 2.35. The maximum absolute atomic E-state index is 14.2. The minimum absolute atomic E-state index is 0.0136. The number of aromatic nitrogens is 2. The predicted molar refractivity (Wildman–Crippen MR) is 143 cm³/mol. The third-order valence-electron chi connectivity index (χ3n) is 7.05. The van der Waals surface area contributed by atoms with E-state index in [0.29, 0.717) is 23.9 Å². The molecular weight excluding hydrogens is 502 g/mol. The number of amides is 3. The van der Waals surface area contributed by atoms with Crippen molar-refractivity contribution in [2.45, 2.75) is 33.7 Å². The number of halogens is 2. The molecule has 0 aliphatic carbocycles.